The van der Waals surface area contributed by atoms with Gasteiger partial charge in [-0.3, -0.25) is 0 Å². The van der Waals surface area contributed by atoms with E-state index in [0.29, 0.717) is 0 Å². The minimum atomic E-state index is -0.298. The predicted molar refractivity (Wildman–Crippen MR) is 46.3 cm³/mol. The van der Waals surface area contributed by atoms with Gasteiger partial charge in [-0.1, -0.05) is 20.8 Å². The zero-order valence-corrected chi connectivity index (χ0v) is 7.92. The van der Waals surface area contributed by atoms with Crippen molar-refractivity contribution < 1.29 is 4.79 Å². The highest BCUT2D eigenvalue weighted by molar-refractivity contribution is 5.61. The fourth-order valence-corrected chi connectivity index (χ4v) is 1.96. The van der Waals surface area contributed by atoms with Crippen LogP contribution in [0.3, 0.4) is 0 Å². The summed E-state index contributed by atoms with van der Waals surface area (Å²) in [5.41, 5.74) is -0.461. The largest absolute Gasteiger partial charge is 0.303 e. The molecule has 0 amide bonds. The van der Waals surface area contributed by atoms with Crippen LogP contribution in [-0.4, -0.2) is 6.29 Å². The molecule has 0 heterocycles. The molecule has 12 heavy (non-hydrogen) atoms. The van der Waals surface area contributed by atoms with E-state index >= 15 is 0 Å². The van der Waals surface area contributed by atoms with E-state index < -0.39 is 0 Å². The lowest BCUT2D eigenvalue weighted by Gasteiger charge is -2.35. The number of hydrogen-bond acceptors (Lipinski definition) is 2. The minimum absolute atomic E-state index is 0.0349. The Kier molecular flexibility index (Phi) is 1.99. The molecule has 1 fully saturated rings. The van der Waals surface area contributed by atoms with Crippen LogP contribution in [0.4, 0.5) is 0 Å². The number of nitrogens with zero attached hydrogens (tertiary/aromatic N) is 1. The summed E-state index contributed by atoms with van der Waals surface area (Å²) in [6, 6.07) is 2.28. The number of rotatable bonds is 1. The molecule has 2 nitrogen and oxygen atoms in total. The first-order valence-corrected chi connectivity index (χ1v) is 4.34. The van der Waals surface area contributed by atoms with Crippen LogP contribution in [-0.2, 0) is 4.79 Å². The first-order valence-electron chi connectivity index (χ1n) is 4.34. The zero-order chi connectivity index (χ0) is 9.41. The van der Waals surface area contributed by atoms with Crippen molar-refractivity contribution in [3.8, 4) is 6.07 Å². The van der Waals surface area contributed by atoms with E-state index in [1.165, 1.54) is 0 Å². The Labute approximate surface area is 73.6 Å². The molecule has 0 radical (unpaired) electrons. The molecule has 1 rings (SSSR count). The summed E-state index contributed by atoms with van der Waals surface area (Å²) in [7, 11) is 0. The minimum Gasteiger partial charge on any atom is -0.303 e. The Bertz CT molecular complexity index is 239. The van der Waals surface area contributed by atoms with Crippen LogP contribution in [0.2, 0.25) is 0 Å². The summed E-state index contributed by atoms with van der Waals surface area (Å²) in [4.78, 5) is 10.9. The lowest BCUT2D eigenvalue weighted by Crippen LogP contribution is -2.34. The summed E-state index contributed by atoms with van der Waals surface area (Å²) in [5.74, 6) is 0.0349. The zero-order valence-electron chi connectivity index (χ0n) is 7.92. The van der Waals surface area contributed by atoms with Crippen LogP contribution < -0.4 is 0 Å². The smallest absolute Gasteiger partial charge is 0.126 e. The summed E-state index contributed by atoms with van der Waals surface area (Å²) in [6.07, 6.45) is 2.73. The molecule has 0 aromatic rings. The van der Waals surface area contributed by atoms with Crippen molar-refractivity contribution >= 4 is 6.29 Å². The van der Waals surface area contributed by atoms with Gasteiger partial charge >= 0.3 is 0 Å². The Morgan fingerprint density at radius 1 is 1.50 bits per heavy atom. The van der Waals surface area contributed by atoms with Crippen molar-refractivity contribution in [1.82, 2.24) is 0 Å². The van der Waals surface area contributed by atoms with Gasteiger partial charge in [0.2, 0.25) is 0 Å². The SMILES string of the molecule is CC1(C=O)CCC(C#N)C1(C)C. The van der Waals surface area contributed by atoms with E-state index in [9.17, 15) is 4.79 Å². The standard InChI is InChI=1S/C10H15NO/c1-9(2)8(6-11)4-5-10(9,3)7-12/h7-8H,4-5H2,1-3H3. The van der Waals surface area contributed by atoms with Gasteiger partial charge < -0.3 is 4.79 Å². The topological polar surface area (TPSA) is 40.9 Å². The maximum atomic E-state index is 10.9. The first-order chi connectivity index (χ1) is 5.48. The van der Waals surface area contributed by atoms with E-state index in [1.54, 1.807) is 0 Å². The average Bonchev–Trinajstić information content (AvgIpc) is 2.25. The van der Waals surface area contributed by atoms with Gasteiger partial charge in [0.05, 0.1) is 12.0 Å². The second-order valence-corrected chi connectivity index (χ2v) is 4.48. The molecule has 66 valence electrons. The number of carbonyl (C=O) groups excluding carboxylic acids is 1. The van der Waals surface area contributed by atoms with Crippen molar-refractivity contribution in [2.45, 2.75) is 33.6 Å². The van der Waals surface area contributed by atoms with E-state index in [2.05, 4.69) is 6.07 Å². The third kappa shape index (κ3) is 0.964. The fraction of sp³-hybridized carbons (Fsp3) is 0.800. The number of aldehydes is 1. The molecule has 2 unspecified atom stereocenters. The molecule has 1 saturated carbocycles. The van der Waals surface area contributed by atoms with Crippen molar-refractivity contribution in [3.05, 3.63) is 0 Å². The molecule has 1 aliphatic carbocycles. The molecule has 0 aromatic heterocycles. The maximum absolute atomic E-state index is 10.9. The van der Waals surface area contributed by atoms with Crippen LogP contribution in [0.15, 0.2) is 0 Å². The van der Waals surface area contributed by atoms with Crippen LogP contribution in [0, 0.1) is 28.1 Å². The van der Waals surface area contributed by atoms with E-state index in [1.807, 2.05) is 20.8 Å². The van der Waals surface area contributed by atoms with Gasteiger partial charge in [0, 0.05) is 5.41 Å². The highest BCUT2D eigenvalue weighted by Crippen LogP contribution is 2.54. The average molecular weight is 165 g/mol. The Morgan fingerprint density at radius 2 is 2.08 bits per heavy atom. The van der Waals surface area contributed by atoms with E-state index in [0.717, 1.165) is 19.1 Å². The Morgan fingerprint density at radius 3 is 2.33 bits per heavy atom. The molecular weight excluding hydrogens is 150 g/mol. The van der Waals surface area contributed by atoms with Gasteiger partial charge in [-0.15, -0.1) is 0 Å². The molecule has 0 bridgehead atoms. The van der Waals surface area contributed by atoms with Crippen LogP contribution >= 0.6 is 0 Å². The van der Waals surface area contributed by atoms with E-state index in [-0.39, 0.29) is 16.7 Å². The van der Waals surface area contributed by atoms with Crippen molar-refractivity contribution in [2.24, 2.45) is 16.7 Å². The van der Waals surface area contributed by atoms with Gasteiger partial charge in [0.25, 0.3) is 0 Å². The lowest BCUT2D eigenvalue weighted by atomic mass is 9.67. The first kappa shape index (κ1) is 9.25. The molecule has 0 aliphatic heterocycles. The second kappa shape index (κ2) is 2.58. The molecule has 2 heteroatoms. The third-order valence-electron chi connectivity index (χ3n) is 3.71. The van der Waals surface area contributed by atoms with E-state index in [4.69, 9.17) is 5.26 Å². The molecular formula is C10H15NO. The molecule has 0 aromatic carbocycles. The van der Waals surface area contributed by atoms with Gasteiger partial charge in [-0.05, 0) is 18.3 Å². The van der Waals surface area contributed by atoms with Crippen LogP contribution in [0.5, 0.6) is 0 Å². The molecule has 2 atom stereocenters. The van der Waals surface area contributed by atoms with Gasteiger partial charge in [-0.25, -0.2) is 0 Å². The Hall–Kier alpha value is -0.840. The molecule has 1 aliphatic rings. The fourth-order valence-electron chi connectivity index (χ4n) is 1.96. The highest BCUT2D eigenvalue weighted by Gasteiger charge is 2.51. The summed E-state index contributed by atoms with van der Waals surface area (Å²) in [5, 5.41) is 8.86. The molecule has 0 saturated heterocycles. The normalized spacial score (nSPS) is 39.0. The van der Waals surface area contributed by atoms with Crippen LogP contribution in [0.1, 0.15) is 33.6 Å². The maximum Gasteiger partial charge on any atom is 0.126 e. The third-order valence-corrected chi connectivity index (χ3v) is 3.71. The van der Waals surface area contributed by atoms with Crippen LogP contribution in [0.25, 0.3) is 0 Å². The second-order valence-electron chi connectivity index (χ2n) is 4.48. The van der Waals surface area contributed by atoms with Crippen molar-refractivity contribution in [3.63, 3.8) is 0 Å². The molecule has 0 spiro atoms. The van der Waals surface area contributed by atoms with Gasteiger partial charge in [0.15, 0.2) is 0 Å². The highest BCUT2D eigenvalue weighted by atomic mass is 16.1. The number of hydrogen-bond donors (Lipinski definition) is 0. The summed E-state index contributed by atoms with van der Waals surface area (Å²) < 4.78 is 0. The number of carbonyl (C=O) groups is 1. The Balaban J connectivity index is 3.01. The monoisotopic (exact) mass is 165 g/mol. The van der Waals surface area contributed by atoms with Gasteiger partial charge in [-0.2, -0.15) is 5.26 Å². The van der Waals surface area contributed by atoms with Gasteiger partial charge in [0.1, 0.15) is 6.29 Å². The summed E-state index contributed by atoms with van der Waals surface area (Å²) >= 11 is 0. The summed E-state index contributed by atoms with van der Waals surface area (Å²) in [6.45, 7) is 5.99. The van der Waals surface area contributed by atoms with Crippen molar-refractivity contribution in [1.29, 1.82) is 5.26 Å². The number of nitriles is 1. The lowest BCUT2D eigenvalue weighted by molar-refractivity contribution is -0.120. The predicted octanol–water partition coefficient (Wildman–Crippen LogP) is 2.15. The molecule has 0 N–H and O–H groups in total. The van der Waals surface area contributed by atoms with Crippen molar-refractivity contribution in [2.75, 3.05) is 0 Å². The quantitative estimate of drug-likeness (QED) is 0.558.